The van der Waals surface area contributed by atoms with E-state index in [2.05, 4.69) is 45.7 Å². The molecule has 33 heavy (non-hydrogen) atoms. The van der Waals surface area contributed by atoms with Crippen molar-refractivity contribution >= 4 is 33.6 Å². The molecular formula is C28H21N5. The van der Waals surface area contributed by atoms with Crippen LogP contribution in [0.15, 0.2) is 66.7 Å². The number of rotatable bonds is 4. The first-order valence-electron chi connectivity index (χ1n) is 10.7. The number of hydrogen-bond acceptors (Lipinski definition) is 3. The van der Waals surface area contributed by atoms with E-state index in [1.54, 1.807) is 0 Å². The van der Waals surface area contributed by atoms with Gasteiger partial charge in [-0.25, -0.2) is 4.98 Å². The standard InChI is InChI=1S/C28H21N5/c1-18-11-12-25-26(13-18)32-28(31-25)22(16-30)14-24-19(2)33(27-10-6-5-9-23(24)27)17-21-8-4-3-7-20(21)15-29/h3-14H,17H2,1-2H3,(H,31,32)/b22-14-. The maximum Gasteiger partial charge on any atom is 0.149 e. The summed E-state index contributed by atoms with van der Waals surface area (Å²) in [6.45, 7) is 4.66. The molecule has 0 radical (unpaired) electrons. The summed E-state index contributed by atoms with van der Waals surface area (Å²) >= 11 is 0. The van der Waals surface area contributed by atoms with Crippen LogP contribution in [-0.4, -0.2) is 14.5 Å². The van der Waals surface area contributed by atoms with Gasteiger partial charge in [-0.15, -0.1) is 0 Å². The Hall–Kier alpha value is -4.61. The minimum atomic E-state index is 0.479. The van der Waals surface area contributed by atoms with E-state index in [1.807, 2.05) is 67.6 Å². The first-order chi connectivity index (χ1) is 16.1. The Bertz CT molecular complexity index is 1630. The highest BCUT2D eigenvalue weighted by atomic mass is 15.0. The van der Waals surface area contributed by atoms with Gasteiger partial charge in [-0.2, -0.15) is 10.5 Å². The second-order valence-electron chi connectivity index (χ2n) is 8.15. The molecule has 0 saturated carbocycles. The van der Waals surface area contributed by atoms with E-state index in [4.69, 9.17) is 0 Å². The summed E-state index contributed by atoms with van der Waals surface area (Å²) in [7, 11) is 0. The minimum absolute atomic E-state index is 0.479. The average molecular weight is 428 g/mol. The quantitative estimate of drug-likeness (QED) is 0.351. The smallest absolute Gasteiger partial charge is 0.149 e. The molecule has 0 bridgehead atoms. The van der Waals surface area contributed by atoms with E-state index in [1.165, 1.54) is 0 Å². The number of aromatic amines is 1. The number of para-hydroxylation sites is 1. The summed E-state index contributed by atoms with van der Waals surface area (Å²) in [5.74, 6) is 0.559. The Labute approximate surface area is 191 Å². The largest absolute Gasteiger partial charge is 0.340 e. The highest BCUT2D eigenvalue weighted by Crippen LogP contribution is 2.31. The van der Waals surface area contributed by atoms with Crippen LogP contribution in [0.4, 0.5) is 0 Å². The summed E-state index contributed by atoms with van der Waals surface area (Å²) < 4.78 is 2.20. The van der Waals surface area contributed by atoms with E-state index in [9.17, 15) is 10.5 Å². The lowest BCUT2D eigenvalue weighted by atomic mass is 10.1. The van der Waals surface area contributed by atoms with Crippen LogP contribution in [0.5, 0.6) is 0 Å². The Morgan fingerprint density at radius 1 is 1.03 bits per heavy atom. The van der Waals surface area contributed by atoms with E-state index in [0.29, 0.717) is 23.5 Å². The number of nitriles is 2. The fraction of sp³-hybridized carbons (Fsp3) is 0.107. The summed E-state index contributed by atoms with van der Waals surface area (Å²) in [4.78, 5) is 7.93. The number of nitrogens with one attached hydrogen (secondary N) is 1. The van der Waals surface area contributed by atoms with Crippen molar-refractivity contribution < 1.29 is 0 Å². The second kappa shape index (κ2) is 8.15. The van der Waals surface area contributed by atoms with Crippen molar-refractivity contribution in [3.63, 3.8) is 0 Å². The summed E-state index contributed by atoms with van der Waals surface area (Å²) in [5.41, 5.74) is 8.07. The Balaban J connectivity index is 1.66. The molecule has 3 aromatic carbocycles. The van der Waals surface area contributed by atoms with Crippen LogP contribution in [-0.2, 0) is 6.54 Å². The summed E-state index contributed by atoms with van der Waals surface area (Å²) in [6.07, 6.45) is 1.91. The van der Waals surface area contributed by atoms with Gasteiger partial charge in [0.25, 0.3) is 0 Å². The predicted octanol–water partition coefficient (Wildman–Crippen LogP) is 6.12. The van der Waals surface area contributed by atoms with Crippen LogP contribution >= 0.6 is 0 Å². The van der Waals surface area contributed by atoms with Gasteiger partial charge in [0.05, 0.1) is 28.2 Å². The average Bonchev–Trinajstić information content (AvgIpc) is 3.36. The zero-order valence-corrected chi connectivity index (χ0v) is 18.4. The van der Waals surface area contributed by atoms with Crippen LogP contribution in [0.3, 0.4) is 0 Å². The van der Waals surface area contributed by atoms with Gasteiger partial charge in [0.2, 0.25) is 0 Å². The number of aromatic nitrogens is 3. The lowest BCUT2D eigenvalue weighted by molar-refractivity contribution is 0.802. The number of benzene rings is 3. The molecule has 0 saturated heterocycles. The molecule has 0 aliphatic heterocycles. The SMILES string of the molecule is Cc1ccc2nc(/C(C#N)=C\c3c(C)n(Cc4ccccc4C#N)c4ccccc34)[nH]c2c1. The van der Waals surface area contributed by atoms with Gasteiger partial charge in [0.1, 0.15) is 11.9 Å². The van der Waals surface area contributed by atoms with Crippen LogP contribution in [0.25, 0.3) is 33.6 Å². The van der Waals surface area contributed by atoms with Crippen molar-refractivity contribution in [2.24, 2.45) is 0 Å². The van der Waals surface area contributed by atoms with E-state index < -0.39 is 0 Å². The third-order valence-electron chi connectivity index (χ3n) is 6.05. The van der Waals surface area contributed by atoms with E-state index in [-0.39, 0.29) is 0 Å². The molecule has 0 atom stereocenters. The van der Waals surface area contributed by atoms with Crippen molar-refractivity contribution in [2.75, 3.05) is 0 Å². The molecule has 5 nitrogen and oxygen atoms in total. The molecule has 0 aliphatic carbocycles. The van der Waals surface area contributed by atoms with Gasteiger partial charge in [-0.05, 0) is 55.3 Å². The van der Waals surface area contributed by atoms with Gasteiger partial charge in [0.15, 0.2) is 0 Å². The maximum atomic E-state index is 9.97. The molecule has 2 heterocycles. The van der Waals surface area contributed by atoms with Crippen molar-refractivity contribution in [1.29, 1.82) is 10.5 Å². The first kappa shape index (κ1) is 20.3. The molecule has 0 spiro atoms. The molecule has 0 amide bonds. The summed E-state index contributed by atoms with van der Waals surface area (Å²) in [5, 5.41) is 20.6. The topological polar surface area (TPSA) is 81.2 Å². The normalized spacial score (nSPS) is 11.6. The number of allylic oxidation sites excluding steroid dienone is 1. The number of imidazole rings is 1. The van der Waals surface area contributed by atoms with E-state index >= 15 is 0 Å². The highest BCUT2D eigenvalue weighted by molar-refractivity contribution is 5.99. The van der Waals surface area contributed by atoms with Crippen LogP contribution in [0.2, 0.25) is 0 Å². The lowest BCUT2D eigenvalue weighted by Gasteiger charge is -2.10. The Kier molecular flexibility index (Phi) is 5.01. The van der Waals surface area contributed by atoms with Crippen LogP contribution in [0.1, 0.15) is 33.8 Å². The fourth-order valence-corrected chi connectivity index (χ4v) is 4.33. The molecule has 1 N–H and O–H groups in total. The fourth-order valence-electron chi connectivity index (χ4n) is 4.33. The number of H-pyrrole nitrogens is 1. The monoisotopic (exact) mass is 427 g/mol. The zero-order chi connectivity index (χ0) is 22.9. The second-order valence-corrected chi connectivity index (χ2v) is 8.15. The van der Waals surface area contributed by atoms with E-state index in [0.717, 1.165) is 44.3 Å². The maximum absolute atomic E-state index is 9.97. The summed E-state index contributed by atoms with van der Waals surface area (Å²) in [6, 6.07) is 26.4. The van der Waals surface area contributed by atoms with Gasteiger partial charge in [0, 0.05) is 28.7 Å². The minimum Gasteiger partial charge on any atom is -0.340 e. The lowest BCUT2D eigenvalue weighted by Crippen LogP contribution is -2.03. The molecule has 2 aromatic heterocycles. The number of aryl methyl sites for hydroxylation is 1. The van der Waals surface area contributed by atoms with Gasteiger partial charge in [-0.1, -0.05) is 42.5 Å². The molecule has 158 valence electrons. The van der Waals surface area contributed by atoms with Gasteiger partial charge in [-0.3, -0.25) is 0 Å². The Morgan fingerprint density at radius 2 is 1.82 bits per heavy atom. The van der Waals surface area contributed by atoms with Crippen molar-refractivity contribution in [3.05, 3.63) is 101 Å². The highest BCUT2D eigenvalue weighted by Gasteiger charge is 2.16. The third kappa shape index (κ3) is 3.56. The predicted molar refractivity (Wildman–Crippen MR) is 131 cm³/mol. The molecule has 5 rings (SSSR count). The van der Waals surface area contributed by atoms with Gasteiger partial charge < -0.3 is 9.55 Å². The molecule has 5 heteroatoms. The van der Waals surface area contributed by atoms with Crippen LogP contribution in [0, 0.1) is 36.5 Å². The zero-order valence-electron chi connectivity index (χ0n) is 18.4. The number of fused-ring (bicyclic) bond motifs is 2. The van der Waals surface area contributed by atoms with Gasteiger partial charge >= 0.3 is 0 Å². The van der Waals surface area contributed by atoms with Crippen molar-refractivity contribution in [2.45, 2.75) is 20.4 Å². The van der Waals surface area contributed by atoms with Crippen LogP contribution < -0.4 is 0 Å². The van der Waals surface area contributed by atoms with Crippen molar-refractivity contribution in [3.8, 4) is 12.1 Å². The molecular weight excluding hydrogens is 406 g/mol. The number of nitrogens with zero attached hydrogens (tertiary/aromatic N) is 4. The number of hydrogen-bond donors (Lipinski definition) is 1. The first-order valence-corrected chi connectivity index (χ1v) is 10.7. The molecule has 0 aliphatic rings. The third-order valence-corrected chi connectivity index (χ3v) is 6.05. The Morgan fingerprint density at radius 3 is 2.64 bits per heavy atom. The van der Waals surface area contributed by atoms with Crippen molar-refractivity contribution in [1.82, 2.24) is 14.5 Å². The molecule has 5 aromatic rings. The molecule has 0 unspecified atom stereocenters. The molecule has 0 fully saturated rings.